The molecule has 0 atom stereocenters. The van der Waals surface area contributed by atoms with Crippen molar-refractivity contribution in [3.63, 3.8) is 0 Å². The Kier molecular flexibility index (Phi) is 9.34. The molecule has 7 heteroatoms. The molecule has 0 radical (unpaired) electrons. The van der Waals surface area contributed by atoms with Crippen LogP contribution in [0.4, 0.5) is 0 Å². The molecule has 2 rings (SSSR count). The van der Waals surface area contributed by atoms with Gasteiger partial charge in [-0.05, 0) is 50.8 Å². The fourth-order valence-electron chi connectivity index (χ4n) is 2.10. The van der Waals surface area contributed by atoms with Gasteiger partial charge in [0.1, 0.15) is 0 Å². The molecular weight excluding hydrogens is 445 g/mol. The Morgan fingerprint density at radius 1 is 1.28 bits per heavy atom. The third kappa shape index (κ3) is 7.27. The maximum absolute atomic E-state index is 4.70. The summed E-state index contributed by atoms with van der Waals surface area (Å²) < 4.78 is 2.04. The summed E-state index contributed by atoms with van der Waals surface area (Å²) in [5.41, 5.74) is 2.21. The van der Waals surface area contributed by atoms with E-state index in [1.165, 1.54) is 0 Å². The zero-order valence-electron chi connectivity index (χ0n) is 15.3. The van der Waals surface area contributed by atoms with Crippen LogP contribution in [0.3, 0.4) is 0 Å². The van der Waals surface area contributed by atoms with E-state index in [1.807, 2.05) is 40.8 Å². The van der Waals surface area contributed by atoms with Crippen molar-refractivity contribution in [2.75, 3.05) is 19.3 Å². The quantitative estimate of drug-likeness (QED) is 0.366. The van der Waals surface area contributed by atoms with Crippen molar-refractivity contribution in [1.29, 1.82) is 0 Å². The van der Waals surface area contributed by atoms with Gasteiger partial charge >= 0.3 is 0 Å². The number of benzene rings is 1. The highest BCUT2D eigenvalue weighted by Gasteiger charge is 2.16. The van der Waals surface area contributed by atoms with Crippen LogP contribution >= 0.6 is 35.7 Å². The summed E-state index contributed by atoms with van der Waals surface area (Å²) in [6.45, 7) is 8.87. The lowest BCUT2D eigenvalue weighted by atomic mass is 10.2. The molecule has 0 saturated carbocycles. The Balaban J connectivity index is 0.00000312. The number of guanidine groups is 1. The number of halogens is 1. The van der Waals surface area contributed by atoms with E-state index in [0.717, 1.165) is 30.3 Å². The van der Waals surface area contributed by atoms with Crippen LogP contribution in [0.15, 0.2) is 47.7 Å². The largest absolute Gasteiger partial charge is 0.357 e. The van der Waals surface area contributed by atoms with Crippen LogP contribution in [0.1, 0.15) is 26.3 Å². The lowest BCUT2D eigenvalue weighted by Gasteiger charge is -2.23. The predicted octanol–water partition coefficient (Wildman–Crippen LogP) is 3.69. The van der Waals surface area contributed by atoms with Gasteiger partial charge in [-0.2, -0.15) is 16.9 Å². The second-order valence-electron chi connectivity index (χ2n) is 6.13. The average Bonchev–Trinajstić information content (AvgIpc) is 3.12. The van der Waals surface area contributed by atoms with Crippen molar-refractivity contribution >= 4 is 41.7 Å². The molecule has 2 N–H and O–H groups in total. The van der Waals surface area contributed by atoms with Crippen LogP contribution in [0.5, 0.6) is 0 Å². The van der Waals surface area contributed by atoms with Crippen LogP contribution in [0, 0.1) is 0 Å². The van der Waals surface area contributed by atoms with Gasteiger partial charge < -0.3 is 10.6 Å². The molecule has 0 saturated heterocycles. The highest BCUT2D eigenvalue weighted by atomic mass is 127. The SMILES string of the molecule is CCNC(=NCc1cccc(-n2cccn2)c1)NCC(C)(C)SC.I. The van der Waals surface area contributed by atoms with Gasteiger partial charge in [-0.25, -0.2) is 9.67 Å². The van der Waals surface area contributed by atoms with Gasteiger partial charge in [0.25, 0.3) is 0 Å². The molecule has 1 aromatic heterocycles. The zero-order valence-corrected chi connectivity index (χ0v) is 18.5. The van der Waals surface area contributed by atoms with E-state index < -0.39 is 0 Å². The Labute approximate surface area is 172 Å². The van der Waals surface area contributed by atoms with Gasteiger partial charge in [-0.3, -0.25) is 0 Å². The standard InChI is InChI=1S/C18H27N5S.HI/c1-5-19-17(21-14-18(2,3)24-4)20-13-15-8-6-9-16(12-15)23-11-7-10-22-23;/h6-12H,5,13-14H2,1-4H3,(H2,19,20,21);1H. The highest BCUT2D eigenvalue weighted by Crippen LogP contribution is 2.19. The maximum Gasteiger partial charge on any atom is 0.191 e. The summed E-state index contributed by atoms with van der Waals surface area (Å²) in [5, 5.41) is 11.0. The van der Waals surface area contributed by atoms with E-state index in [2.05, 4.69) is 54.9 Å². The van der Waals surface area contributed by atoms with Crippen molar-refractivity contribution in [2.45, 2.75) is 32.1 Å². The van der Waals surface area contributed by atoms with Gasteiger partial charge in [-0.15, -0.1) is 24.0 Å². The maximum atomic E-state index is 4.70. The van der Waals surface area contributed by atoms with Gasteiger partial charge in [0.15, 0.2) is 5.96 Å². The zero-order chi connectivity index (χ0) is 17.4. The fraction of sp³-hybridized carbons (Fsp3) is 0.444. The van der Waals surface area contributed by atoms with Crippen LogP contribution in [-0.4, -0.2) is 39.8 Å². The molecule has 5 nitrogen and oxygen atoms in total. The molecule has 1 aromatic carbocycles. The van der Waals surface area contributed by atoms with Crippen molar-refractivity contribution in [3.05, 3.63) is 48.3 Å². The van der Waals surface area contributed by atoms with Crippen molar-refractivity contribution in [1.82, 2.24) is 20.4 Å². The van der Waals surface area contributed by atoms with E-state index in [0.29, 0.717) is 6.54 Å². The van der Waals surface area contributed by atoms with Gasteiger partial charge in [0.2, 0.25) is 0 Å². The van der Waals surface area contributed by atoms with E-state index in [4.69, 9.17) is 4.99 Å². The molecule has 2 aromatic rings. The minimum atomic E-state index is 0. The first kappa shape index (κ1) is 21.8. The molecule has 0 spiro atoms. The van der Waals surface area contributed by atoms with Gasteiger partial charge in [0, 0.05) is 30.2 Å². The molecule has 0 amide bonds. The van der Waals surface area contributed by atoms with E-state index in [-0.39, 0.29) is 28.7 Å². The van der Waals surface area contributed by atoms with Crippen LogP contribution in [0.2, 0.25) is 0 Å². The minimum absolute atomic E-state index is 0. The number of rotatable bonds is 7. The number of nitrogens with zero attached hydrogens (tertiary/aromatic N) is 3. The number of hydrogen-bond acceptors (Lipinski definition) is 3. The Hall–Kier alpha value is -1.22. The smallest absolute Gasteiger partial charge is 0.191 e. The average molecular weight is 473 g/mol. The molecular formula is C18H28IN5S. The summed E-state index contributed by atoms with van der Waals surface area (Å²) in [6, 6.07) is 10.2. The fourth-order valence-corrected chi connectivity index (χ4v) is 2.32. The topological polar surface area (TPSA) is 54.2 Å². The number of hydrogen-bond donors (Lipinski definition) is 2. The Bertz CT molecular complexity index is 655. The molecule has 1 heterocycles. The Morgan fingerprint density at radius 2 is 2.08 bits per heavy atom. The van der Waals surface area contributed by atoms with Crippen LogP contribution in [-0.2, 0) is 6.54 Å². The van der Waals surface area contributed by atoms with E-state index in [1.54, 1.807) is 6.20 Å². The summed E-state index contributed by atoms with van der Waals surface area (Å²) in [6.07, 6.45) is 5.86. The number of aromatic nitrogens is 2. The van der Waals surface area contributed by atoms with Crippen molar-refractivity contribution in [3.8, 4) is 5.69 Å². The van der Waals surface area contributed by atoms with Crippen LogP contribution in [0.25, 0.3) is 5.69 Å². The van der Waals surface area contributed by atoms with E-state index in [9.17, 15) is 0 Å². The number of thioether (sulfide) groups is 1. The lowest BCUT2D eigenvalue weighted by molar-refractivity contribution is 0.665. The highest BCUT2D eigenvalue weighted by molar-refractivity contribution is 14.0. The van der Waals surface area contributed by atoms with Crippen molar-refractivity contribution < 1.29 is 0 Å². The normalized spacial score (nSPS) is 11.8. The predicted molar refractivity (Wildman–Crippen MR) is 119 cm³/mol. The first-order valence-corrected chi connectivity index (χ1v) is 9.43. The third-order valence-corrected chi connectivity index (χ3v) is 4.93. The lowest BCUT2D eigenvalue weighted by Crippen LogP contribution is -2.43. The molecule has 0 bridgehead atoms. The molecule has 0 aliphatic rings. The summed E-state index contributed by atoms with van der Waals surface area (Å²) >= 11 is 1.85. The molecule has 25 heavy (non-hydrogen) atoms. The third-order valence-electron chi connectivity index (χ3n) is 3.68. The number of nitrogens with one attached hydrogen (secondary N) is 2. The van der Waals surface area contributed by atoms with Crippen LogP contribution < -0.4 is 10.6 Å². The molecule has 0 aliphatic carbocycles. The molecule has 0 fully saturated rings. The monoisotopic (exact) mass is 473 g/mol. The van der Waals surface area contributed by atoms with E-state index >= 15 is 0 Å². The van der Waals surface area contributed by atoms with Crippen molar-refractivity contribution in [2.24, 2.45) is 4.99 Å². The summed E-state index contributed by atoms with van der Waals surface area (Å²) in [4.78, 5) is 4.70. The Morgan fingerprint density at radius 3 is 2.72 bits per heavy atom. The molecule has 138 valence electrons. The molecule has 0 unspecified atom stereocenters. The summed E-state index contributed by atoms with van der Waals surface area (Å²) in [7, 11) is 0. The first-order chi connectivity index (χ1) is 11.5. The number of aliphatic imine (C=N–C) groups is 1. The second kappa shape index (κ2) is 10.7. The van der Waals surface area contributed by atoms with Gasteiger partial charge in [-0.1, -0.05) is 12.1 Å². The summed E-state index contributed by atoms with van der Waals surface area (Å²) in [5.74, 6) is 0.851. The second-order valence-corrected chi connectivity index (χ2v) is 7.65. The minimum Gasteiger partial charge on any atom is -0.357 e. The first-order valence-electron chi connectivity index (χ1n) is 8.20. The van der Waals surface area contributed by atoms with Gasteiger partial charge in [0.05, 0.1) is 12.2 Å². The molecule has 0 aliphatic heterocycles.